The first-order valence-electron chi connectivity index (χ1n) is 6.57. The lowest BCUT2D eigenvalue weighted by Gasteiger charge is -2.34. The van der Waals surface area contributed by atoms with Crippen LogP contribution >= 0.6 is 0 Å². The maximum Gasteiger partial charge on any atom is 0.307 e. The van der Waals surface area contributed by atoms with Crippen LogP contribution in [0.15, 0.2) is 0 Å². The Labute approximate surface area is 113 Å². The Morgan fingerprint density at radius 3 is 2.26 bits per heavy atom. The first-order chi connectivity index (χ1) is 8.89. The molecule has 2 aliphatic rings. The molecular weight excluding hydrogens is 244 g/mol. The number of carbonyl (C=O) groups is 2. The lowest BCUT2D eigenvalue weighted by molar-refractivity contribution is -0.142. The van der Waals surface area contributed by atoms with Gasteiger partial charge in [0.25, 0.3) is 0 Å². The fraction of sp³-hybridized carbons (Fsp3) is 0.714. The van der Waals surface area contributed by atoms with Gasteiger partial charge in [-0.05, 0) is 5.41 Å². The SMILES string of the molecule is C#CCN1CCN(C(=O)[C@H]2[C@@H](C(=O)O)C2(C)C)CC1. The second kappa shape index (κ2) is 4.86. The number of amides is 1. The van der Waals surface area contributed by atoms with Gasteiger partial charge >= 0.3 is 5.97 Å². The molecule has 1 N–H and O–H groups in total. The number of carboxylic acids is 1. The summed E-state index contributed by atoms with van der Waals surface area (Å²) in [6.07, 6.45) is 5.26. The van der Waals surface area contributed by atoms with E-state index >= 15 is 0 Å². The van der Waals surface area contributed by atoms with Crippen molar-refractivity contribution in [1.82, 2.24) is 9.80 Å². The zero-order valence-corrected chi connectivity index (χ0v) is 11.4. The molecule has 1 saturated carbocycles. The van der Waals surface area contributed by atoms with Crippen molar-refractivity contribution >= 4 is 11.9 Å². The van der Waals surface area contributed by atoms with E-state index in [1.165, 1.54) is 0 Å². The summed E-state index contributed by atoms with van der Waals surface area (Å²) >= 11 is 0. The predicted molar refractivity (Wildman–Crippen MR) is 70.2 cm³/mol. The first-order valence-corrected chi connectivity index (χ1v) is 6.57. The van der Waals surface area contributed by atoms with E-state index < -0.39 is 17.3 Å². The minimum atomic E-state index is -0.866. The Kier molecular flexibility index (Phi) is 3.55. The molecule has 0 radical (unpaired) electrons. The number of hydrogen-bond donors (Lipinski definition) is 1. The van der Waals surface area contributed by atoms with Gasteiger partial charge in [-0.2, -0.15) is 0 Å². The fourth-order valence-electron chi connectivity index (χ4n) is 3.01. The van der Waals surface area contributed by atoms with Crippen molar-refractivity contribution in [1.29, 1.82) is 0 Å². The monoisotopic (exact) mass is 264 g/mol. The Morgan fingerprint density at radius 2 is 1.84 bits per heavy atom. The third-order valence-corrected chi connectivity index (χ3v) is 4.36. The highest BCUT2D eigenvalue weighted by atomic mass is 16.4. The molecule has 5 heteroatoms. The van der Waals surface area contributed by atoms with Crippen molar-refractivity contribution < 1.29 is 14.7 Å². The number of piperazine rings is 1. The number of rotatable bonds is 3. The summed E-state index contributed by atoms with van der Waals surface area (Å²) in [5, 5.41) is 9.12. The van der Waals surface area contributed by atoms with E-state index in [1.54, 1.807) is 4.90 Å². The molecule has 1 heterocycles. The van der Waals surface area contributed by atoms with E-state index in [9.17, 15) is 9.59 Å². The lowest BCUT2D eigenvalue weighted by Crippen LogP contribution is -2.49. The van der Waals surface area contributed by atoms with E-state index in [1.807, 2.05) is 13.8 Å². The molecule has 5 nitrogen and oxygen atoms in total. The number of hydrogen-bond acceptors (Lipinski definition) is 3. The van der Waals surface area contributed by atoms with E-state index in [-0.39, 0.29) is 11.8 Å². The molecule has 1 saturated heterocycles. The largest absolute Gasteiger partial charge is 0.481 e. The molecule has 0 spiro atoms. The summed E-state index contributed by atoms with van der Waals surface area (Å²) < 4.78 is 0. The predicted octanol–water partition coefficient (Wildman–Crippen LogP) is 0.121. The summed E-state index contributed by atoms with van der Waals surface area (Å²) in [5.74, 6) is 0.805. The van der Waals surface area contributed by atoms with Crippen LogP contribution in [-0.4, -0.2) is 59.5 Å². The minimum Gasteiger partial charge on any atom is -0.481 e. The van der Waals surface area contributed by atoms with Gasteiger partial charge in [-0.15, -0.1) is 6.42 Å². The van der Waals surface area contributed by atoms with Crippen molar-refractivity contribution in [3.05, 3.63) is 0 Å². The van der Waals surface area contributed by atoms with E-state index in [0.29, 0.717) is 19.6 Å². The third kappa shape index (κ3) is 2.45. The van der Waals surface area contributed by atoms with Gasteiger partial charge in [-0.1, -0.05) is 19.8 Å². The molecule has 2 atom stereocenters. The molecule has 1 amide bonds. The van der Waals surface area contributed by atoms with Crippen molar-refractivity contribution in [2.75, 3.05) is 32.7 Å². The van der Waals surface area contributed by atoms with Gasteiger partial charge in [0.15, 0.2) is 0 Å². The summed E-state index contributed by atoms with van der Waals surface area (Å²) in [5.41, 5.74) is -0.418. The maximum atomic E-state index is 12.4. The standard InChI is InChI=1S/C14H20N2O3/c1-4-5-15-6-8-16(9-7-15)12(17)10-11(13(18)19)14(10,2)3/h1,10-11H,5-9H2,2-3H3,(H,18,19)/t10-,11+/m1/s1. The maximum absolute atomic E-state index is 12.4. The Hall–Kier alpha value is -1.54. The van der Waals surface area contributed by atoms with Crippen LogP contribution in [0.3, 0.4) is 0 Å². The average molecular weight is 264 g/mol. The van der Waals surface area contributed by atoms with Gasteiger partial charge in [0.1, 0.15) is 0 Å². The van der Waals surface area contributed by atoms with Crippen LogP contribution in [0.4, 0.5) is 0 Å². The molecule has 104 valence electrons. The third-order valence-electron chi connectivity index (χ3n) is 4.36. The molecular formula is C14H20N2O3. The number of aliphatic carboxylic acids is 1. The van der Waals surface area contributed by atoms with Crippen molar-refractivity contribution in [3.63, 3.8) is 0 Å². The fourth-order valence-corrected chi connectivity index (χ4v) is 3.01. The average Bonchev–Trinajstić information content (AvgIpc) is 2.93. The van der Waals surface area contributed by atoms with E-state index in [4.69, 9.17) is 11.5 Å². The normalized spacial score (nSPS) is 29.6. The zero-order chi connectivity index (χ0) is 14.2. The highest BCUT2D eigenvalue weighted by molar-refractivity contribution is 5.91. The first kappa shape index (κ1) is 13.9. The lowest BCUT2D eigenvalue weighted by atomic mass is 10.1. The van der Waals surface area contributed by atoms with Crippen LogP contribution in [0, 0.1) is 29.6 Å². The van der Waals surface area contributed by atoms with Crippen LogP contribution in [-0.2, 0) is 9.59 Å². The molecule has 19 heavy (non-hydrogen) atoms. The molecule has 0 aromatic heterocycles. The van der Waals surface area contributed by atoms with E-state index in [0.717, 1.165) is 13.1 Å². The Balaban J connectivity index is 1.93. The zero-order valence-electron chi connectivity index (χ0n) is 11.4. The molecule has 1 aliphatic carbocycles. The van der Waals surface area contributed by atoms with Crippen LogP contribution in [0.1, 0.15) is 13.8 Å². The second-order valence-electron chi connectivity index (χ2n) is 5.92. The highest BCUT2D eigenvalue weighted by Crippen LogP contribution is 2.59. The number of terminal acetylenes is 1. The van der Waals surface area contributed by atoms with Crippen LogP contribution in [0.25, 0.3) is 0 Å². The second-order valence-corrected chi connectivity index (χ2v) is 5.92. The van der Waals surface area contributed by atoms with Crippen molar-refractivity contribution in [2.45, 2.75) is 13.8 Å². The van der Waals surface area contributed by atoms with Crippen LogP contribution < -0.4 is 0 Å². The molecule has 0 unspecified atom stereocenters. The van der Waals surface area contributed by atoms with Crippen LogP contribution in [0.2, 0.25) is 0 Å². The van der Waals surface area contributed by atoms with Gasteiger partial charge in [-0.3, -0.25) is 14.5 Å². The summed E-state index contributed by atoms with van der Waals surface area (Å²) in [4.78, 5) is 27.4. The summed E-state index contributed by atoms with van der Waals surface area (Å²) in [7, 11) is 0. The summed E-state index contributed by atoms with van der Waals surface area (Å²) in [6.45, 7) is 7.11. The van der Waals surface area contributed by atoms with Crippen molar-refractivity contribution in [2.24, 2.45) is 17.3 Å². The van der Waals surface area contributed by atoms with Gasteiger partial charge in [0, 0.05) is 26.2 Å². The summed E-state index contributed by atoms with van der Waals surface area (Å²) in [6, 6.07) is 0. The van der Waals surface area contributed by atoms with Gasteiger partial charge in [0.2, 0.25) is 5.91 Å². The molecule has 0 aromatic rings. The Morgan fingerprint density at radius 1 is 1.26 bits per heavy atom. The minimum absolute atomic E-state index is 0.0160. The molecule has 2 rings (SSSR count). The molecule has 1 aliphatic heterocycles. The van der Waals surface area contributed by atoms with E-state index in [2.05, 4.69) is 10.8 Å². The number of nitrogens with zero attached hydrogens (tertiary/aromatic N) is 2. The van der Waals surface area contributed by atoms with Crippen LogP contribution in [0.5, 0.6) is 0 Å². The van der Waals surface area contributed by atoms with Crippen molar-refractivity contribution in [3.8, 4) is 12.3 Å². The number of carboxylic acid groups (broad SMARTS) is 1. The Bertz CT molecular complexity index is 430. The van der Waals surface area contributed by atoms with Gasteiger partial charge in [0.05, 0.1) is 18.4 Å². The molecule has 0 aromatic carbocycles. The smallest absolute Gasteiger partial charge is 0.307 e. The van der Waals surface area contributed by atoms with Gasteiger partial charge in [-0.25, -0.2) is 0 Å². The highest BCUT2D eigenvalue weighted by Gasteiger charge is 2.66. The molecule has 2 fully saturated rings. The molecule has 0 bridgehead atoms. The van der Waals surface area contributed by atoms with Gasteiger partial charge < -0.3 is 10.0 Å². The number of carbonyl (C=O) groups excluding carboxylic acids is 1. The quantitative estimate of drug-likeness (QED) is 0.736. The topological polar surface area (TPSA) is 60.9 Å².